The Balaban J connectivity index is 1.49. The summed E-state index contributed by atoms with van der Waals surface area (Å²) < 4.78 is 1.63. The SMILES string of the molecule is Cc1ccc(C(=O)N2CC(C)CC(C)C2)cc1NC(=O)c1ccc(-n2cncn2)cc1. The van der Waals surface area contributed by atoms with Crippen molar-refractivity contribution in [3.05, 3.63) is 71.8 Å². The highest BCUT2D eigenvalue weighted by molar-refractivity contribution is 6.05. The van der Waals surface area contributed by atoms with Crippen molar-refractivity contribution in [3.8, 4) is 5.69 Å². The molecule has 1 aliphatic rings. The number of carbonyl (C=O) groups is 2. The third kappa shape index (κ3) is 4.66. The molecule has 3 aromatic rings. The normalized spacial score (nSPS) is 18.6. The molecule has 7 heteroatoms. The van der Waals surface area contributed by atoms with Gasteiger partial charge in [-0.25, -0.2) is 9.67 Å². The van der Waals surface area contributed by atoms with Gasteiger partial charge in [-0.1, -0.05) is 19.9 Å². The summed E-state index contributed by atoms with van der Waals surface area (Å²) in [5, 5.41) is 7.04. The first-order chi connectivity index (χ1) is 14.9. The van der Waals surface area contributed by atoms with Gasteiger partial charge in [-0.3, -0.25) is 9.59 Å². The summed E-state index contributed by atoms with van der Waals surface area (Å²) >= 11 is 0. The zero-order valence-electron chi connectivity index (χ0n) is 18.1. The van der Waals surface area contributed by atoms with Crippen molar-refractivity contribution in [1.82, 2.24) is 19.7 Å². The number of aryl methyl sites for hydroxylation is 1. The summed E-state index contributed by atoms with van der Waals surface area (Å²) in [5.41, 5.74) is 3.50. The molecule has 1 aliphatic heterocycles. The molecule has 2 aromatic carbocycles. The summed E-state index contributed by atoms with van der Waals surface area (Å²) in [7, 11) is 0. The average Bonchev–Trinajstić information content (AvgIpc) is 3.29. The van der Waals surface area contributed by atoms with E-state index in [1.165, 1.54) is 6.33 Å². The molecule has 4 rings (SSSR count). The summed E-state index contributed by atoms with van der Waals surface area (Å²) in [4.78, 5) is 31.7. The molecule has 0 bridgehead atoms. The van der Waals surface area contributed by atoms with Crippen LogP contribution >= 0.6 is 0 Å². The second-order valence-electron chi connectivity index (χ2n) is 8.53. The first kappa shape index (κ1) is 20.8. The molecule has 1 fully saturated rings. The molecule has 2 heterocycles. The van der Waals surface area contributed by atoms with Crippen LogP contribution in [0.15, 0.2) is 55.1 Å². The van der Waals surface area contributed by atoms with Crippen LogP contribution in [0.3, 0.4) is 0 Å². The number of piperidine rings is 1. The molecule has 2 unspecified atom stereocenters. The Labute approximate surface area is 182 Å². The Kier molecular flexibility index (Phi) is 5.84. The number of hydrogen-bond acceptors (Lipinski definition) is 4. The van der Waals surface area contributed by atoms with Gasteiger partial charge in [-0.2, -0.15) is 5.10 Å². The van der Waals surface area contributed by atoms with Gasteiger partial charge in [0.1, 0.15) is 12.7 Å². The fourth-order valence-electron chi connectivity index (χ4n) is 4.20. The van der Waals surface area contributed by atoms with Crippen LogP contribution in [0.5, 0.6) is 0 Å². The van der Waals surface area contributed by atoms with E-state index in [0.717, 1.165) is 30.8 Å². The number of amides is 2. The number of nitrogens with zero attached hydrogens (tertiary/aromatic N) is 4. The summed E-state index contributed by atoms with van der Waals surface area (Å²) in [6.07, 6.45) is 4.21. The molecule has 0 spiro atoms. The molecule has 2 atom stereocenters. The second-order valence-corrected chi connectivity index (χ2v) is 8.53. The van der Waals surface area contributed by atoms with Gasteiger partial charge in [0.15, 0.2) is 0 Å². The maximum atomic E-state index is 13.1. The molecule has 1 saturated heterocycles. The minimum absolute atomic E-state index is 0.0195. The van der Waals surface area contributed by atoms with Crippen molar-refractivity contribution < 1.29 is 9.59 Å². The molecule has 160 valence electrons. The van der Waals surface area contributed by atoms with Crippen molar-refractivity contribution in [2.75, 3.05) is 18.4 Å². The van der Waals surface area contributed by atoms with Crippen molar-refractivity contribution in [3.63, 3.8) is 0 Å². The van der Waals surface area contributed by atoms with E-state index < -0.39 is 0 Å². The number of nitrogens with one attached hydrogen (secondary N) is 1. The highest BCUT2D eigenvalue weighted by atomic mass is 16.2. The van der Waals surface area contributed by atoms with Gasteiger partial charge in [-0.05, 0) is 67.1 Å². The van der Waals surface area contributed by atoms with E-state index in [1.807, 2.05) is 36.1 Å². The van der Waals surface area contributed by atoms with E-state index in [1.54, 1.807) is 29.2 Å². The number of hydrogen-bond donors (Lipinski definition) is 1. The van der Waals surface area contributed by atoms with E-state index >= 15 is 0 Å². The topological polar surface area (TPSA) is 80.1 Å². The summed E-state index contributed by atoms with van der Waals surface area (Å²) in [6, 6.07) is 12.6. The van der Waals surface area contributed by atoms with Crippen LogP contribution in [-0.2, 0) is 0 Å². The Hall–Kier alpha value is -3.48. The number of benzene rings is 2. The summed E-state index contributed by atoms with van der Waals surface area (Å²) in [5.74, 6) is 0.791. The molecule has 7 nitrogen and oxygen atoms in total. The lowest BCUT2D eigenvalue weighted by molar-refractivity contribution is 0.0623. The molecule has 0 saturated carbocycles. The van der Waals surface area contributed by atoms with Crippen LogP contribution in [0.25, 0.3) is 5.69 Å². The first-order valence-electron chi connectivity index (χ1n) is 10.6. The van der Waals surface area contributed by atoms with E-state index in [4.69, 9.17) is 0 Å². The van der Waals surface area contributed by atoms with Gasteiger partial charge in [0.05, 0.1) is 5.69 Å². The molecule has 1 aromatic heterocycles. The number of carbonyl (C=O) groups excluding carboxylic acids is 2. The van der Waals surface area contributed by atoms with E-state index in [0.29, 0.717) is 28.7 Å². The Morgan fingerprint density at radius 1 is 1.00 bits per heavy atom. The molecule has 0 radical (unpaired) electrons. The number of rotatable bonds is 4. The molecule has 31 heavy (non-hydrogen) atoms. The van der Waals surface area contributed by atoms with Gasteiger partial charge >= 0.3 is 0 Å². The van der Waals surface area contributed by atoms with Gasteiger partial charge in [0.2, 0.25) is 0 Å². The monoisotopic (exact) mass is 417 g/mol. The van der Waals surface area contributed by atoms with E-state index in [9.17, 15) is 9.59 Å². The number of likely N-dealkylation sites (tertiary alicyclic amines) is 1. The van der Waals surface area contributed by atoms with Crippen LogP contribution in [0.2, 0.25) is 0 Å². The molecule has 1 N–H and O–H groups in total. The molecular formula is C24H27N5O2. The van der Waals surface area contributed by atoms with Gasteiger partial charge in [0.25, 0.3) is 11.8 Å². The van der Waals surface area contributed by atoms with E-state index in [2.05, 4.69) is 29.2 Å². The largest absolute Gasteiger partial charge is 0.338 e. The lowest BCUT2D eigenvalue weighted by Crippen LogP contribution is -2.42. The smallest absolute Gasteiger partial charge is 0.255 e. The second kappa shape index (κ2) is 8.71. The van der Waals surface area contributed by atoms with Crippen LogP contribution in [-0.4, -0.2) is 44.6 Å². The van der Waals surface area contributed by atoms with Crippen molar-refractivity contribution in [2.24, 2.45) is 11.8 Å². The minimum Gasteiger partial charge on any atom is -0.338 e. The maximum Gasteiger partial charge on any atom is 0.255 e. The fraction of sp³-hybridized carbons (Fsp3) is 0.333. The molecule has 0 aliphatic carbocycles. The predicted molar refractivity (Wildman–Crippen MR) is 119 cm³/mol. The molecule has 2 amide bonds. The maximum absolute atomic E-state index is 13.1. The van der Waals surface area contributed by atoms with Crippen LogP contribution in [0, 0.1) is 18.8 Å². The zero-order valence-corrected chi connectivity index (χ0v) is 18.1. The predicted octanol–water partition coefficient (Wildman–Crippen LogP) is 3.95. The standard InChI is InChI=1S/C24H27N5O2/c1-16-10-17(2)13-28(12-16)24(31)20-5-4-18(3)22(11-20)27-23(30)19-6-8-21(9-7-19)29-15-25-14-26-29/h4-9,11,14-17H,10,12-13H2,1-3H3,(H,27,30). The lowest BCUT2D eigenvalue weighted by atomic mass is 9.91. The molecular weight excluding hydrogens is 390 g/mol. The third-order valence-electron chi connectivity index (χ3n) is 5.70. The quantitative estimate of drug-likeness (QED) is 0.697. The minimum atomic E-state index is -0.224. The van der Waals surface area contributed by atoms with Gasteiger partial charge in [-0.15, -0.1) is 0 Å². The Morgan fingerprint density at radius 3 is 2.32 bits per heavy atom. The van der Waals surface area contributed by atoms with Crippen molar-refractivity contribution in [2.45, 2.75) is 27.2 Å². The zero-order chi connectivity index (χ0) is 22.0. The van der Waals surface area contributed by atoms with Crippen LogP contribution < -0.4 is 5.32 Å². The first-order valence-corrected chi connectivity index (χ1v) is 10.6. The van der Waals surface area contributed by atoms with Crippen molar-refractivity contribution >= 4 is 17.5 Å². The van der Waals surface area contributed by atoms with Crippen LogP contribution in [0.1, 0.15) is 46.5 Å². The van der Waals surface area contributed by atoms with E-state index in [-0.39, 0.29) is 11.8 Å². The van der Waals surface area contributed by atoms with Crippen LogP contribution in [0.4, 0.5) is 5.69 Å². The Morgan fingerprint density at radius 2 is 1.68 bits per heavy atom. The highest BCUT2D eigenvalue weighted by Crippen LogP contribution is 2.24. The fourth-order valence-corrected chi connectivity index (χ4v) is 4.20. The van der Waals surface area contributed by atoms with Gasteiger partial charge in [0, 0.05) is 29.9 Å². The Bertz CT molecular complexity index is 1070. The highest BCUT2D eigenvalue weighted by Gasteiger charge is 2.26. The van der Waals surface area contributed by atoms with Gasteiger partial charge < -0.3 is 10.2 Å². The lowest BCUT2D eigenvalue weighted by Gasteiger charge is -2.35. The average molecular weight is 418 g/mol. The summed E-state index contributed by atoms with van der Waals surface area (Å²) in [6.45, 7) is 7.84. The third-order valence-corrected chi connectivity index (χ3v) is 5.70. The number of anilines is 1. The van der Waals surface area contributed by atoms with Crippen molar-refractivity contribution in [1.29, 1.82) is 0 Å². The number of aromatic nitrogens is 3.